The lowest BCUT2D eigenvalue weighted by Crippen LogP contribution is -1.96. The molecule has 0 saturated heterocycles. The molecule has 1 aromatic carbocycles. The zero-order valence-corrected chi connectivity index (χ0v) is 9.68. The number of rotatable bonds is 5. The maximum atomic E-state index is 9.11. The number of aromatic hydroxyl groups is 1. The Kier molecular flexibility index (Phi) is 4.88. The van der Waals surface area contributed by atoms with Gasteiger partial charge < -0.3 is 5.11 Å². The van der Waals surface area contributed by atoms with Crippen LogP contribution in [-0.4, -0.2) is 10.9 Å². The lowest BCUT2D eigenvalue weighted by Gasteiger charge is -2.08. The summed E-state index contributed by atoms with van der Waals surface area (Å²) in [5, 5.41) is 9.11. The molecule has 1 rings (SSSR count). The highest BCUT2D eigenvalue weighted by molar-refractivity contribution is 7.99. The summed E-state index contributed by atoms with van der Waals surface area (Å²) in [6, 6.07) is 7.43. The summed E-state index contributed by atoms with van der Waals surface area (Å²) >= 11 is 1.87. The fourth-order valence-electron chi connectivity index (χ4n) is 1.36. The van der Waals surface area contributed by atoms with E-state index >= 15 is 0 Å². The number of thioether (sulfide) groups is 1. The second-order valence-corrected chi connectivity index (χ2v) is 4.79. The zero-order valence-electron chi connectivity index (χ0n) is 8.86. The van der Waals surface area contributed by atoms with E-state index in [2.05, 4.69) is 13.8 Å². The van der Waals surface area contributed by atoms with Crippen molar-refractivity contribution in [1.29, 1.82) is 0 Å². The van der Waals surface area contributed by atoms with Gasteiger partial charge in [0, 0.05) is 10.6 Å². The van der Waals surface area contributed by atoms with Gasteiger partial charge in [-0.15, -0.1) is 11.8 Å². The van der Waals surface area contributed by atoms with Gasteiger partial charge in [-0.3, -0.25) is 0 Å². The lowest BCUT2D eigenvalue weighted by molar-refractivity contribution is 0.475. The first-order valence-corrected chi connectivity index (χ1v) is 6.12. The molecular formula is C12H18OS. The topological polar surface area (TPSA) is 20.2 Å². The minimum Gasteiger partial charge on any atom is -0.508 e. The third kappa shape index (κ3) is 4.05. The molecule has 0 spiro atoms. The normalized spacial score (nSPS) is 12.7. The molecule has 0 aliphatic carbocycles. The Morgan fingerprint density at radius 1 is 1.29 bits per heavy atom. The second-order valence-electron chi connectivity index (χ2n) is 3.70. The van der Waals surface area contributed by atoms with E-state index < -0.39 is 0 Å². The van der Waals surface area contributed by atoms with Crippen LogP contribution in [0.5, 0.6) is 5.75 Å². The molecule has 0 aliphatic rings. The molecule has 0 aromatic heterocycles. The Balaban J connectivity index is 2.34. The van der Waals surface area contributed by atoms with E-state index in [0.29, 0.717) is 5.75 Å². The molecule has 1 atom stereocenters. The molecule has 0 amide bonds. The zero-order chi connectivity index (χ0) is 10.4. The quantitative estimate of drug-likeness (QED) is 0.743. The molecule has 0 saturated carbocycles. The van der Waals surface area contributed by atoms with Crippen molar-refractivity contribution in [3.63, 3.8) is 0 Å². The van der Waals surface area contributed by atoms with Gasteiger partial charge in [-0.2, -0.15) is 0 Å². The van der Waals surface area contributed by atoms with Crippen molar-refractivity contribution >= 4 is 11.8 Å². The Morgan fingerprint density at radius 3 is 2.50 bits per heavy atom. The molecular weight excluding hydrogens is 192 g/mol. The predicted molar refractivity (Wildman–Crippen MR) is 62.9 cm³/mol. The second kappa shape index (κ2) is 5.97. The summed E-state index contributed by atoms with van der Waals surface area (Å²) in [4.78, 5) is 1.24. The summed E-state index contributed by atoms with van der Waals surface area (Å²) in [6.07, 6.45) is 2.56. The molecule has 0 fully saturated rings. The van der Waals surface area contributed by atoms with E-state index in [0.717, 1.165) is 5.92 Å². The first-order valence-electron chi connectivity index (χ1n) is 5.14. The molecule has 1 unspecified atom stereocenters. The van der Waals surface area contributed by atoms with Crippen LogP contribution in [0.25, 0.3) is 0 Å². The average molecular weight is 210 g/mol. The summed E-state index contributed by atoms with van der Waals surface area (Å²) in [5.41, 5.74) is 0. The molecule has 0 radical (unpaired) electrons. The molecule has 2 heteroatoms. The van der Waals surface area contributed by atoms with Crippen LogP contribution in [0.15, 0.2) is 29.2 Å². The van der Waals surface area contributed by atoms with Crippen molar-refractivity contribution in [3.8, 4) is 5.75 Å². The molecule has 14 heavy (non-hydrogen) atoms. The van der Waals surface area contributed by atoms with Gasteiger partial charge in [-0.25, -0.2) is 0 Å². The lowest BCUT2D eigenvalue weighted by atomic mass is 10.1. The van der Waals surface area contributed by atoms with Gasteiger partial charge in [0.25, 0.3) is 0 Å². The first kappa shape index (κ1) is 11.4. The highest BCUT2D eigenvalue weighted by Gasteiger charge is 2.01. The Hall–Kier alpha value is -0.630. The van der Waals surface area contributed by atoms with Crippen LogP contribution in [0.3, 0.4) is 0 Å². The van der Waals surface area contributed by atoms with Gasteiger partial charge >= 0.3 is 0 Å². The van der Waals surface area contributed by atoms with E-state index in [1.807, 2.05) is 23.9 Å². The van der Waals surface area contributed by atoms with Crippen LogP contribution >= 0.6 is 11.8 Å². The molecule has 78 valence electrons. The third-order valence-electron chi connectivity index (χ3n) is 2.15. The maximum Gasteiger partial charge on any atom is 0.115 e. The van der Waals surface area contributed by atoms with Gasteiger partial charge in [0.05, 0.1) is 0 Å². The largest absolute Gasteiger partial charge is 0.508 e. The minimum atomic E-state index is 0.343. The number of hydrogen-bond donors (Lipinski definition) is 1. The van der Waals surface area contributed by atoms with Crippen molar-refractivity contribution in [2.24, 2.45) is 5.92 Å². The van der Waals surface area contributed by atoms with Crippen molar-refractivity contribution in [2.75, 3.05) is 5.75 Å². The number of benzene rings is 1. The van der Waals surface area contributed by atoms with Crippen LogP contribution in [0, 0.1) is 5.92 Å². The Labute approximate surface area is 90.5 Å². The fraction of sp³-hybridized carbons (Fsp3) is 0.500. The Bertz CT molecular complexity index is 256. The third-order valence-corrected chi connectivity index (χ3v) is 3.49. The van der Waals surface area contributed by atoms with Gasteiger partial charge in [0.15, 0.2) is 0 Å². The summed E-state index contributed by atoms with van der Waals surface area (Å²) < 4.78 is 0. The van der Waals surface area contributed by atoms with Crippen molar-refractivity contribution in [3.05, 3.63) is 24.3 Å². The first-order chi connectivity index (χ1) is 6.72. The van der Waals surface area contributed by atoms with E-state index in [4.69, 9.17) is 5.11 Å². The predicted octanol–water partition coefficient (Wildman–Crippen LogP) is 3.92. The molecule has 1 aromatic rings. The molecule has 0 heterocycles. The molecule has 1 nitrogen and oxygen atoms in total. The Morgan fingerprint density at radius 2 is 1.93 bits per heavy atom. The number of phenols is 1. The van der Waals surface area contributed by atoms with Crippen molar-refractivity contribution < 1.29 is 5.11 Å². The number of hydrogen-bond acceptors (Lipinski definition) is 2. The van der Waals surface area contributed by atoms with Crippen molar-refractivity contribution in [1.82, 2.24) is 0 Å². The smallest absolute Gasteiger partial charge is 0.115 e. The fourth-order valence-corrected chi connectivity index (χ4v) is 2.33. The SMILES string of the molecule is CCCC(C)CSc1ccc(O)cc1. The minimum absolute atomic E-state index is 0.343. The van der Waals surface area contributed by atoms with Crippen LogP contribution in [0.4, 0.5) is 0 Å². The van der Waals surface area contributed by atoms with E-state index in [-0.39, 0.29) is 0 Å². The van der Waals surface area contributed by atoms with Gasteiger partial charge in [-0.05, 0) is 30.2 Å². The highest BCUT2D eigenvalue weighted by atomic mass is 32.2. The van der Waals surface area contributed by atoms with Crippen LogP contribution in [-0.2, 0) is 0 Å². The monoisotopic (exact) mass is 210 g/mol. The van der Waals surface area contributed by atoms with E-state index in [1.165, 1.54) is 23.5 Å². The molecule has 1 N–H and O–H groups in total. The van der Waals surface area contributed by atoms with Crippen molar-refractivity contribution in [2.45, 2.75) is 31.6 Å². The van der Waals surface area contributed by atoms with Crippen LogP contribution in [0.2, 0.25) is 0 Å². The van der Waals surface area contributed by atoms with Crippen LogP contribution < -0.4 is 0 Å². The van der Waals surface area contributed by atoms with Gasteiger partial charge in [0.1, 0.15) is 5.75 Å². The summed E-state index contributed by atoms with van der Waals surface area (Å²) in [6.45, 7) is 4.51. The standard InChI is InChI=1S/C12H18OS/c1-3-4-10(2)9-14-12-7-5-11(13)6-8-12/h5-8,10,13H,3-4,9H2,1-2H3. The molecule has 0 bridgehead atoms. The number of phenolic OH excluding ortho intramolecular Hbond substituents is 1. The summed E-state index contributed by atoms with van der Waals surface area (Å²) in [7, 11) is 0. The van der Waals surface area contributed by atoms with Gasteiger partial charge in [-0.1, -0.05) is 26.7 Å². The summed E-state index contributed by atoms with van der Waals surface area (Å²) in [5.74, 6) is 2.29. The van der Waals surface area contributed by atoms with Gasteiger partial charge in [0.2, 0.25) is 0 Å². The average Bonchev–Trinajstić information content (AvgIpc) is 2.17. The maximum absolute atomic E-state index is 9.11. The molecule has 0 aliphatic heterocycles. The van der Waals surface area contributed by atoms with E-state index in [1.54, 1.807) is 12.1 Å². The highest BCUT2D eigenvalue weighted by Crippen LogP contribution is 2.24. The van der Waals surface area contributed by atoms with Crippen LogP contribution in [0.1, 0.15) is 26.7 Å². The van der Waals surface area contributed by atoms with E-state index in [9.17, 15) is 0 Å².